The van der Waals surface area contributed by atoms with Crippen LogP contribution in [0.5, 0.6) is 0 Å². The molecule has 0 radical (unpaired) electrons. The smallest absolute Gasteiger partial charge is 0.273 e. The largest absolute Gasteiger partial charge is 0.446 e. The zero-order valence-corrected chi connectivity index (χ0v) is 18.7. The van der Waals surface area contributed by atoms with Crippen molar-refractivity contribution in [2.45, 2.75) is 40.2 Å². The molecule has 0 aliphatic carbocycles. The Morgan fingerprint density at radius 2 is 1.81 bits per heavy atom. The first-order valence-electron chi connectivity index (χ1n) is 10.8. The van der Waals surface area contributed by atoms with Crippen LogP contribution in [0.4, 0.5) is 0 Å². The van der Waals surface area contributed by atoms with Crippen LogP contribution in [0, 0.1) is 6.92 Å². The highest BCUT2D eigenvalue weighted by Crippen LogP contribution is 2.14. The molecule has 31 heavy (non-hydrogen) atoms. The highest BCUT2D eigenvalue weighted by molar-refractivity contribution is 5.95. The fourth-order valence-corrected chi connectivity index (χ4v) is 3.00. The zero-order valence-electron chi connectivity index (χ0n) is 18.7. The molecule has 1 heterocycles. The van der Waals surface area contributed by atoms with Crippen LogP contribution in [0.1, 0.15) is 59.0 Å². The van der Waals surface area contributed by atoms with Crippen molar-refractivity contribution >= 4 is 11.8 Å². The van der Waals surface area contributed by atoms with Gasteiger partial charge in [-0.25, -0.2) is 4.98 Å². The van der Waals surface area contributed by atoms with E-state index in [1.807, 2.05) is 45.0 Å². The predicted octanol–water partition coefficient (Wildman–Crippen LogP) is 3.21. The summed E-state index contributed by atoms with van der Waals surface area (Å²) in [7, 11) is 0. The second kappa shape index (κ2) is 13.6. The van der Waals surface area contributed by atoms with Gasteiger partial charge in [0.25, 0.3) is 11.8 Å². The van der Waals surface area contributed by atoms with Gasteiger partial charge < -0.3 is 24.1 Å². The third-order valence-electron chi connectivity index (χ3n) is 4.65. The molecule has 1 N–H and O–H groups in total. The molecule has 1 aromatic heterocycles. The predicted molar refractivity (Wildman–Crippen MR) is 117 cm³/mol. The Bertz CT molecular complexity index is 821. The van der Waals surface area contributed by atoms with E-state index in [1.165, 1.54) is 6.26 Å². The summed E-state index contributed by atoms with van der Waals surface area (Å²) < 4.78 is 16.1. The molecule has 2 rings (SSSR count). The third-order valence-corrected chi connectivity index (χ3v) is 4.65. The van der Waals surface area contributed by atoms with Crippen LogP contribution in [0.2, 0.25) is 0 Å². The van der Waals surface area contributed by atoms with Crippen molar-refractivity contribution in [3.8, 4) is 0 Å². The molecular formula is C23H33N3O5. The minimum absolute atomic E-state index is 0.102. The summed E-state index contributed by atoms with van der Waals surface area (Å²) in [5, 5.41) is 2.79. The topological polar surface area (TPSA) is 93.9 Å². The molecule has 0 atom stereocenters. The molecule has 8 nitrogen and oxygen atoms in total. The lowest BCUT2D eigenvalue weighted by Gasteiger charge is -2.22. The molecule has 0 aliphatic heterocycles. The van der Waals surface area contributed by atoms with Gasteiger partial charge in [0, 0.05) is 45.1 Å². The summed E-state index contributed by atoms with van der Waals surface area (Å²) >= 11 is 0. The van der Waals surface area contributed by atoms with Gasteiger partial charge >= 0.3 is 0 Å². The van der Waals surface area contributed by atoms with Crippen LogP contribution in [0.3, 0.4) is 0 Å². The van der Waals surface area contributed by atoms with Gasteiger partial charge in [-0.2, -0.15) is 0 Å². The van der Waals surface area contributed by atoms with E-state index in [0.29, 0.717) is 57.4 Å². The molecule has 2 aromatic rings. The number of hydrogen-bond donors (Lipinski definition) is 1. The molecule has 0 unspecified atom stereocenters. The quantitative estimate of drug-likeness (QED) is 0.462. The fraction of sp³-hybridized carbons (Fsp3) is 0.522. The fourth-order valence-electron chi connectivity index (χ4n) is 3.00. The summed E-state index contributed by atoms with van der Waals surface area (Å²) in [5.41, 5.74) is 1.74. The maximum absolute atomic E-state index is 13.1. The van der Waals surface area contributed by atoms with Crippen LogP contribution in [-0.2, 0) is 16.0 Å². The Hall–Kier alpha value is -2.71. The first kappa shape index (κ1) is 24.6. The maximum atomic E-state index is 13.1. The Kier molecular flexibility index (Phi) is 10.7. The van der Waals surface area contributed by atoms with Gasteiger partial charge in [-0.3, -0.25) is 9.59 Å². The number of aromatic nitrogens is 1. The van der Waals surface area contributed by atoms with Crippen molar-refractivity contribution in [2.24, 2.45) is 0 Å². The lowest BCUT2D eigenvalue weighted by molar-refractivity contribution is 0.0695. The number of oxazole rings is 1. The first-order chi connectivity index (χ1) is 15.1. The molecule has 0 saturated heterocycles. The van der Waals surface area contributed by atoms with Gasteiger partial charge in [0.05, 0.1) is 6.54 Å². The molecule has 0 fully saturated rings. The number of aryl methyl sites for hydroxylation is 1. The average Bonchev–Trinajstić information content (AvgIpc) is 3.24. The Labute approximate surface area is 183 Å². The first-order valence-corrected chi connectivity index (χ1v) is 10.8. The van der Waals surface area contributed by atoms with Gasteiger partial charge in [0.1, 0.15) is 6.26 Å². The monoisotopic (exact) mass is 431 g/mol. The van der Waals surface area contributed by atoms with E-state index in [0.717, 1.165) is 12.0 Å². The molecule has 0 bridgehead atoms. The highest BCUT2D eigenvalue weighted by atomic mass is 16.5. The van der Waals surface area contributed by atoms with Crippen molar-refractivity contribution in [1.82, 2.24) is 15.2 Å². The van der Waals surface area contributed by atoms with Crippen LogP contribution in [0.15, 0.2) is 34.9 Å². The summed E-state index contributed by atoms with van der Waals surface area (Å²) in [4.78, 5) is 31.3. The van der Waals surface area contributed by atoms with Crippen LogP contribution in [0.25, 0.3) is 0 Å². The second-order valence-corrected chi connectivity index (χ2v) is 7.02. The van der Waals surface area contributed by atoms with Gasteiger partial charge in [-0.05, 0) is 45.2 Å². The Balaban J connectivity index is 2.01. The van der Waals surface area contributed by atoms with E-state index in [1.54, 1.807) is 4.90 Å². The minimum atomic E-state index is -0.306. The summed E-state index contributed by atoms with van der Waals surface area (Å²) in [6.07, 6.45) is 2.74. The maximum Gasteiger partial charge on any atom is 0.273 e. The Morgan fingerprint density at radius 1 is 1.10 bits per heavy atom. The van der Waals surface area contributed by atoms with Crippen LogP contribution < -0.4 is 5.32 Å². The third kappa shape index (κ3) is 8.15. The van der Waals surface area contributed by atoms with Crippen molar-refractivity contribution in [1.29, 1.82) is 0 Å². The number of carbonyl (C=O) groups excluding carboxylic acids is 2. The molecule has 8 heteroatoms. The van der Waals surface area contributed by atoms with Gasteiger partial charge in [0.2, 0.25) is 5.89 Å². The van der Waals surface area contributed by atoms with Crippen molar-refractivity contribution in [3.05, 3.63) is 53.2 Å². The van der Waals surface area contributed by atoms with Crippen LogP contribution >= 0.6 is 0 Å². The van der Waals surface area contributed by atoms with E-state index in [4.69, 9.17) is 13.9 Å². The van der Waals surface area contributed by atoms with E-state index in [-0.39, 0.29) is 24.1 Å². The van der Waals surface area contributed by atoms with E-state index in [9.17, 15) is 9.59 Å². The number of hydrogen-bond acceptors (Lipinski definition) is 6. The van der Waals surface area contributed by atoms with Gasteiger partial charge in [0.15, 0.2) is 5.69 Å². The number of carbonyl (C=O) groups is 2. The summed E-state index contributed by atoms with van der Waals surface area (Å²) in [5.74, 6) is -0.0906. The molecular weight excluding hydrogens is 398 g/mol. The number of benzene rings is 1. The Morgan fingerprint density at radius 3 is 2.52 bits per heavy atom. The lowest BCUT2D eigenvalue weighted by Crippen LogP contribution is -2.33. The molecule has 0 aliphatic rings. The van der Waals surface area contributed by atoms with E-state index < -0.39 is 0 Å². The van der Waals surface area contributed by atoms with Gasteiger partial charge in [-0.15, -0.1) is 0 Å². The van der Waals surface area contributed by atoms with E-state index in [2.05, 4.69) is 10.3 Å². The normalized spacial score (nSPS) is 10.8. The molecule has 2 amide bonds. The zero-order chi connectivity index (χ0) is 22.5. The number of rotatable bonds is 14. The van der Waals surface area contributed by atoms with Crippen molar-refractivity contribution in [3.63, 3.8) is 0 Å². The number of nitrogens with zero attached hydrogens (tertiary/aromatic N) is 2. The highest BCUT2D eigenvalue weighted by Gasteiger charge is 2.21. The average molecular weight is 432 g/mol. The number of nitrogens with one attached hydrogen (secondary N) is 1. The SMILES string of the molecule is CCOCCCNC(=O)c1coc(CN(CCCOCC)C(=O)c2ccccc2C)n1. The van der Waals surface area contributed by atoms with Gasteiger partial charge in [-0.1, -0.05) is 18.2 Å². The summed E-state index contributed by atoms with van der Waals surface area (Å²) in [6, 6.07) is 7.46. The minimum Gasteiger partial charge on any atom is -0.446 e. The summed E-state index contributed by atoms with van der Waals surface area (Å²) in [6.45, 7) is 9.39. The number of amides is 2. The van der Waals surface area contributed by atoms with Crippen LogP contribution in [-0.4, -0.2) is 61.2 Å². The lowest BCUT2D eigenvalue weighted by atomic mass is 10.1. The van der Waals surface area contributed by atoms with Crippen molar-refractivity contribution < 1.29 is 23.5 Å². The molecule has 1 aromatic carbocycles. The molecule has 0 spiro atoms. The number of ether oxygens (including phenoxy) is 2. The second-order valence-electron chi connectivity index (χ2n) is 7.02. The molecule has 0 saturated carbocycles. The van der Waals surface area contributed by atoms with E-state index >= 15 is 0 Å². The standard InChI is InChI=1S/C23H33N3O5/c1-4-29-14-8-12-24-22(27)20-17-31-21(25-20)16-26(13-9-15-30-5-2)23(28)19-11-7-6-10-18(19)3/h6-7,10-11,17H,4-5,8-9,12-16H2,1-3H3,(H,24,27). The van der Waals surface area contributed by atoms with Crippen molar-refractivity contribution in [2.75, 3.05) is 39.5 Å². The molecule has 170 valence electrons.